The molecule has 2 rings (SSSR count). The van der Waals surface area contributed by atoms with E-state index in [1.807, 2.05) is 30.3 Å². The normalized spacial score (nSPS) is 11.7. The van der Waals surface area contributed by atoms with Gasteiger partial charge in [0.1, 0.15) is 16.3 Å². The molecule has 0 bridgehead atoms. The third kappa shape index (κ3) is 6.71. The molecule has 0 spiro atoms. The SMILES string of the molecule is CC(O)c1c(OCCCCCC(=O)N(C)Cc2ccccc2)ccc(Cl)c1[N+](=O)[O-]. The average molecular weight is 435 g/mol. The molecular formula is C22H27ClN2O5. The highest BCUT2D eigenvalue weighted by molar-refractivity contribution is 6.32. The van der Waals surface area contributed by atoms with Gasteiger partial charge in [-0.1, -0.05) is 41.9 Å². The van der Waals surface area contributed by atoms with Gasteiger partial charge in [-0.2, -0.15) is 0 Å². The minimum atomic E-state index is -1.09. The summed E-state index contributed by atoms with van der Waals surface area (Å²) >= 11 is 5.90. The van der Waals surface area contributed by atoms with Crippen LogP contribution in [-0.2, 0) is 11.3 Å². The number of aliphatic hydroxyl groups excluding tert-OH is 1. The van der Waals surface area contributed by atoms with Gasteiger partial charge < -0.3 is 14.7 Å². The fourth-order valence-corrected chi connectivity index (χ4v) is 3.39. The maximum atomic E-state index is 12.2. The number of carbonyl (C=O) groups excluding carboxylic acids is 1. The molecule has 8 heteroatoms. The molecule has 0 aliphatic heterocycles. The third-order valence-electron chi connectivity index (χ3n) is 4.71. The number of benzene rings is 2. The lowest BCUT2D eigenvalue weighted by Gasteiger charge is -2.17. The zero-order valence-electron chi connectivity index (χ0n) is 17.2. The summed E-state index contributed by atoms with van der Waals surface area (Å²) in [5.74, 6) is 0.337. The van der Waals surface area contributed by atoms with Gasteiger partial charge >= 0.3 is 0 Å². The van der Waals surface area contributed by atoms with Crippen molar-refractivity contribution in [1.82, 2.24) is 4.90 Å². The van der Waals surface area contributed by atoms with E-state index in [0.717, 1.165) is 18.4 Å². The second-order valence-corrected chi connectivity index (χ2v) is 7.54. The number of carbonyl (C=O) groups is 1. The van der Waals surface area contributed by atoms with Gasteiger partial charge in [0.25, 0.3) is 5.69 Å². The molecule has 1 N–H and O–H groups in total. The summed E-state index contributed by atoms with van der Waals surface area (Å²) in [5.41, 5.74) is 0.828. The number of nitrogens with zero attached hydrogens (tertiary/aromatic N) is 2. The van der Waals surface area contributed by atoms with E-state index >= 15 is 0 Å². The molecular weight excluding hydrogens is 408 g/mol. The number of hydrogen-bond acceptors (Lipinski definition) is 5. The summed E-state index contributed by atoms with van der Waals surface area (Å²) in [4.78, 5) is 24.6. The molecule has 1 atom stereocenters. The molecule has 1 unspecified atom stereocenters. The topological polar surface area (TPSA) is 92.9 Å². The molecule has 1 amide bonds. The van der Waals surface area contributed by atoms with Crippen LogP contribution in [0.2, 0.25) is 5.02 Å². The second-order valence-electron chi connectivity index (χ2n) is 7.14. The molecule has 0 radical (unpaired) electrons. The predicted octanol–water partition coefficient (Wildman–Crippen LogP) is 4.90. The highest BCUT2D eigenvalue weighted by atomic mass is 35.5. The smallest absolute Gasteiger partial charge is 0.297 e. The van der Waals surface area contributed by atoms with E-state index < -0.39 is 11.0 Å². The van der Waals surface area contributed by atoms with Crippen LogP contribution in [0.25, 0.3) is 0 Å². The number of aliphatic hydroxyl groups is 1. The summed E-state index contributed by atoms with van der Waals surface area (Å²) in [5, 5.41) is 21.2. The maximum Gasteiger partial charge on any atom is 0.297 e. The van der Waals surface area contributed by atoms with Crippen LogP contribution in [0, 0.1) is 10.1 Å². The largest absolute Gasteiger partial charge is 0.493 e. The summed E-state index contributed by atoms with van der Waals surface area (Å²) < 4.78 is 5.66. The Morgan fingerprint density at radius 2 is 1.90 bits per heavy atom. The minimum absolute atomic E-state index is 0.0404. The van der Waals surface area contributed by atoms with Crippen molar-refractivity contribution in [3.8, 4) is 5.75 Å². The first-order chi connectivity index (χ1) is 14.3. The van der Waals surface area contributed by atoms with E-state index in [1.54, 1.807) is 11.9 Å². The van der Waals surface area contributed by atoms with Crippen molar-refractivity contribution >= 4 is 23.2 Å². The van der Waals surface area contributed by atoms with Gasteiger partial charge in [-0.3, -0.25) is 14.9 Å². The summed E-state index contributed by atoms with van der Waals surface area (Å²) in [6.07, 6.45) is 1.56. The Bertz CT molecular complexity index is 858. The van der Waals surface area contributed by atoms with Crippen molar-refractivity contribution in [3.05, 3.63) is 68.7 Å². The summed E-state index contributed by atoms with van der Waals surface area (Å²) in [6, 6.07) is 12.7. The fraction of sp³-hybridized carbons (Fsp3) is 0.409. The molecule has 0 aliphatic rings. The standard InChI is InChI=1S/C22H27ClN2O5/c1-16(26)21-19(13-12-18(23)22(21)25(28)29)30-14-8-4-7-11-20(27)24(2)15-17-9-5-3-6-10-17/h3,5-6,9-10,12-13,16,26H,4,7-8,11,14-15H2,1-2H3. The van der Waals surface area contributed by atoms with Gasteiger partial charge in [0, 0.05) is 20.0 Å². The van der Waals surface area contributed by atoms with Crippen molar-refractivity contribution in [1.29, 1.82) is 0 Å². The Balaban J connectivity index is 1.77. The van der Waals surface area contributed by atoms with Gasteiger partial charge in [0.05, 0.1) is 17.6 Å². The van der Waals surface area contributed by atoms with Crippen LogP contribution in [-0.4, -0.2) is 34.5 Å². The molecule has 0 fully saturated rings. The van der Waals surface area contributed by atoms with Gasteiger partial charge in [0.2, 0.25) is 5.91 Å². The van der Waals surface area contributed by atoms with Gasteiger partial charge in [0.15, 0.2) is 0 Å². The molecule has 7 nitrogen and oxygen atoms in total. The highest BCUT2D eigenvalue weighted by Gasteiger charge is 2.26. The lowest BCUT2D eigenvalue weighted by atomic mass is 10.1. The Labute approximate surface area is 181 Å². The van der Waals surface area contributed by atoms with E-state index in [1.165, 1.54) is 19.1 Å². The number of nitro groups is 1. The highest BCUT2D eigenvalue weighted by Crippen LogP contribution is 2.39. The molecule has 0 saturated carbocycles. The molecule has 30 heavy (non-hydrogen) atoms. The molecule has 0 heterocycles. The number of amides is 1. The number of hydrogen-bond donors (Lipinski definition) is 1. The van der Waals surface area contributed by atoms with Crippen molar-refractivity contribution in [2.45, 2.75) is 45.3 Å². The summed E-state index contributed by atoms with van der Waals surface area (Å²) in [7, 11) is 1.80. The number of halogens is 1. The van der Waals surface area contributed by atoms with E-state index in [-0.39, 0.29) is 27.9 Å². The van der Waals surface area contributed by atoms with Gasteiger partial charge in [-0.15, -0.1) is 0 Å². The van der Waals surface area contributed by atoms with Crippen LogP contribution < -0.4 is 4.74 Å². The Kier molecular flexibility index (Phi) is 9.08. The Morgan fingerprint density at radius 1 is 1.20 bits per heavy atom. The van der Waals surface area contributed by atoms with Crippen LogP contribution in [0.15, 0.2) is 42.5 Å². The van der Waals surface area contributed by atoms with E-state index in [4.69, 9.17) is 16.3 Å². The molecule has 162 valence electrons. The zero-order chi connectivity index (χ0) is 22.1. The number of unbranched alkanes of at least 4 members (excludes halogenated alkanes) is 2. The first-order valence-corrected chi connectivity index (χ1v) is 10.2. The van der Waals surface area contributed by atoms with Crippen LogP contribution in [0.5, 0.6) is 5.75 Å². The lowest BCUT2D eigenvalue weighted by molar-refractivity contribution is -0.386. The minimum Gasteiger partial charge on any atom is -0.493 e. The zero-order valence-corrected chi connectivity index (χ0v) is 18.0. The molecule has 0 saturated heterocycles. The summed E-state index contributed by atoms with van der Waals surface area (Å²) in [6.45, 7) is 2.34. The monoisotopic (exact) mass is 434 g/mol. The van der Waals surface area contributed by atoms with Crippen LogP contribution in [0.3, 0.4) is 0 Å². The van der Waals surface area contributed by atoms with Crippen LogP contribution >= 0.6 is 11.6 Å². The van der Waals surface area contributed by atoms with Crippen LogP contribution in [0.4, 0.5) is 5.69 Å². The first kappa shape index (κ1) is 23.6. The van der Waals surface area contributed by atoms with E-state index in [9.17, 15) is 20.0 Å². The Hall–Kier alpha value is -2.64. The van der Waals surface area contributed by atoms with Gasteiger partial charge in [-0.05, 0) is 43.9 Å². The average Bonchev–Trinajstić information content (AvgIpc) is 2.71. The van der Waals surface area contributed by atoms with Crippen molar-refractivity contribution in [2.75, 3.05) is 13.7 Å². The molecule has 2 aromatic rings. The Morgan fingerprint density at radius 3 is 2.53 bits per heavy atom. The van der Waals surface area contributed by atoms with Crippen LogP contribution in [0.1, 0.15) is 49.8 Å². The number of rotatable bonds is 11. The molecule has 0 aliphatic carbocycles. The van der Waals surface area contributed by atoms with Crippen molar-refractivity contribution in [3.63, 3.8) is 0 Å². The van der Waals surface area contributed by atoms with Crippen molar-refractivity contribution in [2.24, 2.45) is 0 Å². The molecule has 2 aromatic carbocycles. The maximum absolute atomic E-state index is 12.2. The lowest BCUT2D eigenvalue weighted by Crippen LogP contribution is -2.25. The quantitative estimate of drug-likeness (QED) is 0.308. The number of nitro benzene ring substituents is 1. The fourth-order valence-electron chi connectivity index (χ4n) is 3.15. The third-order valence-corrected chi connectivity index (χ3v) is 5.01. The second kappa shape index (κ2) is 11.5. The first-order valence-electron chi connectivity index (χ1n) is 9.86. The molecule has 0 aromatic heterocycles. The van der Waals surface area contributed by atoms with Crippen molar-refractivity contribution < 1.29 is 19.6 Å². The predicted molar refractivity (Wildman–Crippen MR) is 116 cm³/mol. The van der Waals surface area contributed by atoms with Gasteiger partial charge in [-0.25, -0.2) is 0 Å². The number of ether oxygens (including phenoxy) is 1. The van der Waals surface area contributed by atoms with E-state index in [0.29, 0.717) is 26.0 Å². The van der Waals surface area contributed by atoms with E-state index in [2.05, 4.69) is 0 Å².